The van der Waals surface area contributed by atoms with E-state index in [-0.39, 0.29) is 12.4 Å². The molecule has 0 bridgehead atoms. The third-order valence-corrected chi connectivity index (χ3v) is 3.39. The Bertz CT molecular complexity index is 633. The average Bonchev–Trinajstić information content (AvgIpc) is 2.54. The van der Waals surface area contributed by atoms with E-state index in [2.05, 4.69) is 0 Å². The molecule has 7 heteroatoms. The van der Waals surface area contributed by atoms with Gasteiger partial charge < -0.3 is 30.4 Å². The average molecular weight is 341 g/mol. The minimum Gasteiger partial charge on any atom is -0.496 e. The van der Waals surface area contributed by atoms with Crippen molar-refractivity contribution < 1.29 is 18.9 Å². The molecule has 0 spiro atoms. The molecule has 0 saturated carbocycles. The van der Waals surface area contributed by atoms with E-state index in [1.165, 1.54) is 0 Å². The number of benzene rings is 2. The lowest BCUT2D eigenvalue weighted by molar-refractivity contribution is 0.401. The van der Waals surface area contributed by atoms with E-state index >= 15 is 0 Å². The molecule has 0 aromatic heterocycles. The van der Waals surface area contributed by atoms with E-state index in [0.717, 1.165) is 11.1 Å². The molecular formula is C16H21ClN2O4. The molecule has 0 amide bonds. The first-order chi connectivity index (χ1) is 10.5. The largest absolute Gasteiger partial charge is 0.496 e. The Morgan fingerprint density at radius 2 is 0.870 bits per heavy atom. The van der Waals surface area contributed by atoms with E-state index < -0.39 is 0 Å². The predicted molar refractivity (Wildman–Crippen MR) is 94.2 cm³/mol. The van der Waals surface area contributed by atoms with Crippen LogP contribution in [0.2, 0.25) is 0 Å². The van der Waals surface area contributed by atoms with Gasteiger partial charge in [0.25, 0.3) is 0 Å². The number of hydrogen-bond acceptors (Lipinski definition) is 6. The Hall–Kier alpha value is -2.47. The van der Waals surface area contributed by atoms with Crippen LogP contribution in [0.15, 0.2) is 24.3 Å². The van der Waals surface area contributed by atoms with Gasteiger partial charge in [-0.1, -0.05) is 0 Å². The van der Waals surface area contributed by atoms with Crippen LogP contribution in [-0.2, 0) is 0 Å². The lowest BCUT2D eigenvalue weighted by atomic mass is 10.0. The fraction of sp³-hybridized carbons (Fsp3) is 0.250. The molecular weight excluding hydrogens is 320 g/mol. The molecule has 0 atom stereocenters. The Kier molecular flexibility index (Phi) is 6.21. The van der Waals surface area contributed by atoms with E-state index in [0.29, 0.717) is 34.4 Å². The van der Waals surface area contributed by atoms with Crippen molar-refractivity contribution in [1.29, 1.82) is 0 Å². The molecule has 2 rings (SSSR count). The molecule has 0 aliphatic carbocycles. The summed E-state index contributed by atoms with van der Waals surface area (Å²) in [6.07, 6.45) is 0. The summed E-state index contributed by atoms with van der Waals surface area (Å²) < 4.78 is 21.4. The van der Waals surface area contributed by atoms with E-state index in [1.807, 2.05) is 0 Å². The number of nitrogens with two attached hydrogens (primary N) is 2. The second-order valence-electron chi connectivity index (χ2n) is 4.59. The van der Waals surface area contributed by atoms with Crippen LogP contribution >= 0.6 is 12.4 Å². The molecule has 6 nitrogen and oxygen atoms in total. The zero-order chi connectivity index (χ0) is 16.3. The Labute approximate surface area is 141 Å². The van der Waals surface area contributed by atoms with Gasteiger partial charge >= 0.3 is 0 Å². The van der Waals surface area contributed by atoms with Crippen LogP contribution in [0.5, 0.6) is 23.0 Å². The van der Waals surface area contributed by atoms with Gasteiger partial charge in [0.15, 0.2) is 0 Å². The topological polar surface area (TPSA) is 89.0 Å². The third kappa shape index (κ3) is 3.48. The summed E-state index contributed by atoms with van der Waals surface area (Å²) in [5.74, 6) is 2.30. The maximum Gasteiger partial charge on any atom is 0.142 e. The normalized spacial score (nSPS) is 9.74. The van der Waals surface area contributed by atoms with Crippen molar-refractivity contribution in [1.82, 2.24) is 0 Å². The summed E-state index contributed by atoms with van der Waals surface area (Å²) in [5.41, 5.74) is 14.4. The fourth-order valence-corrected chi connectivity index (χ4v) is 2.26. The van der Waals surface area contributed by atoms with Gasteiger partial charge in [0.05, 0.1) is 39.8 Å². The van der Waals surface area contributed by atoms with Gasteiger partial charge in [-0.15, -0.1) is 12.4 Å². The highest BCUT2D eigenvalue weighted by Gasteiger charge is 2.17. The number of methoxy groups -OCH3 is 4. The minimum absolute atomic E-state index is 0. The lowest BCUT2D eigenvalue weighted by Crippen LogP contribution is -1.99. The quantitative estimate of drug-likeness (QED) is 0.813. The highest BCUT2D eigenvalue weighted by molar-refractivity contribution is 5.85. The summed E-state index contributed by atoms with van der Waals surface area (Å²) >= 11 is 0. The summed E-state index contributed by atoms with van der Waals surface area (Å²) in [5, 5.41) is 0. The van der Waals surface area contributed by atoms with E-state index in [1.54, 1.807) is 52.7 Å². The van der Waals surface area contributed by atoms with Gasteiger partial charge in [-0.25, -0.2) is 0 Å². The van der Waals surface area contributed by atoms with Crippen molar-refractivity contribution in [2.45, 2.75) is 0 Å². The number of hydrogen-bond donors (Lipinski definition) is 2. The number of nitrogen functional groups attached to an aromatic ring is 2. The summed E-state index contributed by atoms with van der Waals surface area (Å²) in [7, 11) is 6.27. The molecule has 0 heterocycles. The minimum atomic E-state index is 0. The first kappa shape index (κ1) is 18.6. The zero-order valence-corrected chi connectivity index (χ0v) is 14.3. The maximum absolute atomic E-state index is 5.92. The van der Waals surface area contributed by atoms with E-state index in [9.17, 15) is 0 Å². The second kappa shape index (κ2) is 7.69. The first-order valence-electron chi connectivity index (χ1n) is 6.59. The third-order valence-electron chi connectivity index (χ3n) is 3.39. The molecule has 2 aromatic rings. The molecule has 23 heavy (non-hydrogen) atoms. The van der Waals surface area contributed by atoms with Crippen molar-refractivity contribution >= 4 is 23.8 Å². The van der Waals surface area contributed by atoms with Crippen LogP contribution in [0.4, 0.5) is 11.4 Å². The fourth-order valence-electron chi connectivity index (χ4n) is 2.26. The van der Waals surface area contributed by atoms with Gasteiger partial charge in [0, 0.05) is 23.3 Å². The Balaban J connectivity index is 0.00000264. The van der Waals surface area contributed by atoms with Crippen molar-refractivity contribution in [3.63, 3.8) is 0 Å². The highest BCUT2D eigenvalue weighted by Crippen LogP contribution is 2.44. The molecule has 0 radical (unpaired) electrons. The van der Waals surface area contributed by atoms with Gasteiger partial charge in [0.1, 0.15) is 23.0 Å². The molecule has 2 aromatic carbocycles. The zero-order valence-electron chi connectivity index (χ0n) is 13.5. The monoisotopic (exact) mass is 340 g/mol. The lowest BCUT2D eigenvalue weighted by Gasteiger charge is -2.17. The summed E-state index contributed by atoms with van der Waals surface area (Å²) in [4.78, 5) is 0. The SMILES string of the molecule is COc1cc(-c2cc(OC)c(N)cc2OC)c(OC)cc1N.Cl. The smallest absolute Gasteiger partial charge is 0.142 e. The van der Waals surface area contributed by atoms with E-state index in [4.69, 9.17) is 30.4 Å². The molecule has 4 N–H and O–H groups in total. The van der Waals surface area contributed by atoms with Gasteiger partial charge in [-0.3, -0.25) is 0 Å². The number of anilines is 2. The molecule has 0 aliphatic heterocycles. The van der Waals surface area contributed by atoms with Crippen LogP contribution in [0.3, 0.4) is 0 Å². The molecule has 0 unspecified atom stereocenters. The molecule has 0 fully saturated rings. The number of rotatable bonds is 5. The van der Waals surface area contributed by atoms with Crippen LogP contribution in [0.25, 0.3) is 11.1 Å². The molecule has 126 valence electrons. The van der Waals surface area contributed by atoms with Gasteiger partial charge in [0.2, 0.25) is 0 Å². The van der Waals surface area contributed by atoms with Crippen LogP contribution in [-0.4, -0.2) is 28.4 Å². The highest BCUT2D eigenvalue weighted by atomic mass is 35.5. The van der Waals surface area contributed by atoms with Crippen molar-refractivity contribution in [2.24, 2.45) is 0 Å². The predicted octanol–water partition coefficient (Wildman–Crippen LogP) is 2.97. The van der Waals surface area contributed by atoms with Crippen LogP contribution in [0.1, 0.15) is 0 Å². The number of ether oxygens (including phenoxy) is 4. The van der Waals surface area contributed by atoms with Gasteiger partial charge in [-0.05, 0) is 12.1 Å². The molecule has 0 aliphatic rings. The van der Waals surface area contributed by atoms with Crippen LogP contribution < -0.4 is 30.4 Å². The van der Waals surface area contributed by atoms with Crippen molar-refractivity contribution in [3.05, 3.63) is 24.3 Å². The number of halogens is 1. The summed E-state index contributed by atoms with van der Waals surface area (Å²) in [6.45, 7) is 0. The standard InChI is InChI=1S/C16H20N2O4.ClH/c1-19-13-7-11(17)15(21-3)5-9(13)10-6-16(22-4)12(18)8-14(10)20-2;/h5-8H,17-18H2,1-4H3;1H. The first-order valence-corrected chi connectivity index (χ1v) is 6.59. The van der Waals surface area contributed by atoms with Gasteiger partial charge in [-0.2, -0.15) is 0 Å². The summed E-state index contributed by atoms with van der Waals surface area (Å²) in [6, 6.07) is 7.00. The molecule has 0 saturated heterocycles. The Morgan fingerprint density at radius 1 is 0.565 bits per heavy atom. The second-order valence-corrected chi connectivity index (χ2v) is 4.59. The maximum atomic E-state index is 5.92. The van der Waals surface area contributed by atoms with Crippen molar-refractivity contribution in [2.75, 3.05) is 39.9 Å². The van der Waals surface area contributed by atoms with Crippen molar-refractivity contribution in [3.8, 4) is 34.1 Å². The van der Waals surface area contributed by atoms with Crippen LogP contribution in [0, 0.1) is 0 Å². The Morgan fingerprint density at radius 3 is 1.13 bits per heavy atom.